The molecule has 2 heteroatoms. The van der Waals surface area contributed by atoms with E-state index < -0.39 is 0 Å². The van der Waals surface area contributed by atoms with E-state index >= 15 is 0 Å². The summed E-state index contributed by atoms with van der Waals surface area (Å²) in [7, 11) is 0. The fourth-order valence-corrected chi connectivity index (χ4v) is 3.69. The van der Waals surface area contributed by atoms with Crippen molar-refractivity contribution >= 4 is 0 Å². The van der Waals surface area contributed by atoms with Gasteiger partial charge in [-0.25, -0.2) is 4.98 Å². The molecule has 0 amide bonds. The molecule has 0 aliphatic heterocycles. The van der Waals surface area contributed by atoms with E-state index in [1.165, 1.54) is 33.5 Å². The summed E-state index contributed by atoms with van der Waals surface area (Å²) in [4.78, 5) is 4.76. The molecule has 142 valence electrons. The minimum absolute atomic E-state index is 0.0363. The lowest BCUT2D eigenvalue weighted by atomic mass is 9.77. The molecule has 0 aliphatic carbocycles. The minimum Gasteiger partial charge on any atom is -0.299 e. The number of hydrogen-bond donors (Lipinski definition) is 0. The van der Waals surface area contributed by atoms with Crippen molar-refractivity contribution < 1.29 is 0 Å². The van der Waals surface area contributed by atoms with Gasteiger partial charge in [0.1, 0.15) is 5.82 Å². The lowest BCUT2D eigenvalue weighted by molar-refractivity contribution is 0.561. The number of hydrogen-bond acceptors (Lipinski definition) is 1. The van der Waals surface area contributed by atoms with E-state index in [2.05, 4.69) is 103 Å². The van der Waals surface area contributed by atoms with E-state index in [4.69, 9.17) is 4.98 Å². The lowest BCUT2D eigenvalue weighted by Gasteiger charge is -2.31. The molecule has 2 aromatic carbocycles. The van der Waals surface area contributed by atoms with Crippen LogP contribution < -0.4 is 0 Å². The van der Waals surface area contributed by atoms with Crippen molar-refractivity contribution in [2.75, 3.05) is 0 Å². The quantitative estimate of drug-likeness (QED) is 0.494. The van der Waals surface area contributed by atoms with Crippen LogP contribution in [0, 0.1) is 13.8 Å². The third-order valence-electron chi connectivity index (χ3n) is 5.14. The second-order valence-corrected chi connectivity index (χ2v) is 9.64. The van der Waals surface area contributed by atoms with Gasteiger partial charge in [-0.15, -0.1) is 0 Å². The van der Waals surface area contributed by atoms with Crippen molar-refractivity contribution in [3.8, 4) is 17.1 Å². The first-order valence-electron chi connectivity index (χ1n) is 9.75. The molecule has 0 spiro atoms. The zero-order valence-electron chi connectivity index (χ0n) is 18.0. The Bertz CT molecular complexity index is 927. The summed E-state index contributed by atoms with van der Waals surface area (Å²) in [5.74, 6) is 1.01. The van der Waals surface area contributed by atoms with Crippen LogP contribution in [0.1, 0.15) is 63.8 Å². The average Bonchev–Trinajstić information content (AvgIpc) is 3.02. The van der Waals surface area contributed by atoms with Gasteiger partial charge in [0, 0.05) is 18.0 Å². The molecule has 0 bridgehead atoms. The van der Waals surface area contributed by atoms with E-state index in [-0.39, 0.29) is 10.8 Å². The molecule has 0 saturated heterocycles. The second kappa shape index (κ2) is 6.67. The van der Waals surface area contributed by atoms with Crippen LogP contribution in [-0.4, -0.2) is 9.55 Å². The maximum Gasteiger partial charge on any atom is 0.144 e. The SMILES string of the molecule is Cc1cc(C(C)(C)C)c(-n2ccnc2-c2ccccc2C)c(C(C)(C)C)c1. The second-order valence-electron chi connectivity index (χ2n) is 9.64. The highest BCUT2D eigenvalue weighted by atomic mass is 15.1. The predicted octanol–water partition coefficient (Wildman–Crippen LogP) is 6.75. The number of rotatable bonds is 2. The standard InChI is InChI=1S/C25H32N2/c1-17-15-20(24(3,4)5)22(21(16-17)25(6,7)8)27-14-13-26-23(27)19-12-10-9-11-18(19)2/h9-16H,1-8H3. The average molecular weight is 361 g/mol. The summed E-state index contributed by atoms with van der Waals surface area (Å²) in [6.07, 6.45) is 4.03. The molecule has 0 fully saturated rings. The van der Waals surface area contributed by atoms with Crippen molar-refractivity contribution in [2.24, 2.45) is 0 Å². The van der Waals surface area contributed by atoms with Crippen LogP contribution in [0.5, 0.6) is 0 Å². The zero-order valence-corrected chi connectivity index (χ0v) is 18.0. The van der Waals surface area contributed by atoms with Gasteiger partial charge in [0.15, 0.2) is 0 Å². The molecule has 0 atom stereocenters. The predicted molar refractivity (Wildman–Crippen MR) is 116 cm³/mol. The third-order valence-corrected chi connectivity index (χ3v) is 5.14. The van der Waals surface area contributed by atoms with Crippen LogP contribution in [0.25, 0.3) is 17.1 Å². The van der Waals surface area contributed by atoms with Gasteiger partial charge < -0.3 is 0 Å². The topological polar surface area (TPSA) is 17.8 Å². The summed E-state index contributed by atoms with van der Waals surface area (Å²) < 4.78 is 2.29. The number of imidazole rings is 1. The molecule has 3 rings (SSSR count). The number of benzene rings is 2. The van der Waals surface area contributed by atoms with Gasteiger partial charge in [0.2, 0.25) is 0 Å². The summed E-state index contributed by atoms with van der Waals surface area (Å²) in [6.45, 7) is 18.1. The van der Waals surface area contributed by atoms with Crippen molar-refractivity contribution in [2.45, 2.75) is 66.2 Å². The monoisotopic (exact) mass is 360 g/mol. The normalized spacial score (nSPS) is 12.4. The number of nitrogens with zero attached hydrogens (tertiary/aromatic N) is 2. The highest BCUT2D eigenvalue weighted by Gasteiger charge is 2.28. The Morgan fingerprint density at radius 3 is 1.89 bits per heavy atom. The van der Waals surface area contributed by atoms with Crippen molar-refractivity contribution in [1.82, 2.24) is 9.55 Å². The molecule has 0 N–H and O–H groups in total. The Morgan fingerprint density at radius 1 is 0.815 bits per heavy atom. The van der Waals surface area contributed by atoms with Crippen LogP contribution in [0.3, 0.4) is 0 Å². The summed E-state index contributed by atoms with van der Waals surface area (Å²) >= 11 is 0. The molecule has 2 nitrogen and oxygen atoms in total. The molecular weight excluding hydrogens is 328 g/mol. The Hall–Kier alpha value is -2.35. The number of aryl methyl sites for hydroxylation is 2. The van der Waals surface area contributed by atoms with E-state index in [0.29, 0.717) is 0 Å². The molecule has 0 saturated carbocycles. The maximum atomic E-state index is 4.76. The lowest BCUT2D eigenvalue weighted by Crippen LogP contribution is -2.22. The Kier molecular flexibility index (Phi) is 4.80. The minimum atomic E-state index is 0.0363. The van der Waals surface area contributed by atoms with Crippen LogP contribution >= 0.6 is 0 Å². The maximum absolute atomic E-state index is 4.76. The first-order valence-corrected chi connectivity index (χ1v) is 9.75. The van der Waals surface area contributed by atoms with Gasteiger partial charge >= 0.3 is 0 Å². The third kappa shape index (κ3) is 3.71. The first kappa shape index (κ1) is 19.4. The van der Waals surface area contributed by atoms with Crippen molar-refractivity contribution in [1.29, 1.82) is 0 Å². The zero-order chi connectivity index (χ0) is 20.0. The van der Waals surface area contributed by atoms with Gasteiger partial charge in [0.25, 0.3) is 0 Å². The van der Waals surface area contributed by atoms with Crippen LogP contribution in [0.2, 0.25) is 0 Å². The molecule has 0 unspecified atom stereocenters. The fraction of sp³-hybridized carbons (Fsp3) is 0.400. The van der Waals surface area contributed by atoms with E-state index in [9.17, 15) is 0 Å². The fourth-order valence-electron chi connectivity index (χ4n) is 3.69. The largest absolute Gasteiger partial charge is 0.299 e. The Balaban J connectivity index is 2.40. The first-order chi connectivity index (χ1) is 12.5. The van der Waals surface area contributed by atoms with Gasteiger partial charge in [-0.1, -0.05) is 83.5 Å². The van der Waals surface area contributed by atoms with Crippen molar-refractivity contribution in [3.63, 3.8) is 0 Å². The molecular formula is C25H32N2. The van der Waals surface area contributed by atoms with Crippen LogP contribution in [-0.2, 0) is 10.8 Å². The molecule has 3 aromatic rings. The highest BCUT2D eigenvalue weighted by molar-refractivity contribution is 5.66. The molecule has 1 heterocycles. The van der Waals surface area contributed by atoms with E-state index in [1.54, 1.807) is 0 Å². The van der Waals surface area contributed by atoms with Gasteiger partial charge in [-0.2, -0.15) is 0 Å². The van der Waals surface area contributed by atoms with Crippen molar-refractivity contribution in [3.05, 3.63) is 71.0 Å². The van der Waals surface area contributed by atoms with Gasteiger partial charge in [-0.3, -0.25) is 4.57 Å². The highest BCUT2D eigenvalue weighted by Crippen LogP contribution is 2.39. The number of aromatic nitrogens is 2. The molecule has 0 radical (unpaired) electrons. The van der Waals surface area contributed by atoms with Crippen LogP contribution in [0.4, 0.5) is 0 Å². The molecule has 27 heavy (non-hydrogen) atoms. The summed E-state index contributed by atoms with van der Waals surface area (Å²) in [5.41, 5.74) is 7.81. The molecule has 1 aromatic heterocycles. The molecule has 0 aliphatic rings. The smallest absolute Gasteiger partial charge is 0.144 e. The van der Waals surface area contributed by atoms with E-state index in [1.807, 2.05) is 6.20 Å². The Labute approximate surface area is 164 Å². The summed E-state index contributed by atoms with van der Waals surface area (Å²) in [5, 5.41) is 0. The van der Waals surface area contributed by atoms with Crippen LogP contribution in [0.15, 0.2) is 48.8 Å². The summed E-state index contributed by atoms with van der Waals surface area (Å²) in [6, 6.07) is 13.2. The van der Waals surface area contributed by atoms with Gasteiger partial charge in [-0.05, 0) is 41.4 Å². The Morgan fingerprint density at radius 2 is 1.37 bits per heavy atom. The van der Waals surface area contributed by atoms with Gasteiger partial charge in [0.05, 0.1) is 5.69 Å². The van der Waals surface area contributed by atoms with E-state index in [0.717, 1.165) is 5.82 Å².